The molecule has 0 amide bonds. The maximum absolute atomic E-state index is 6.58. The summed E-state index contributed by atoms with van der Waals surface area (Å²) in [6.07, 6.45) is 0. The van der Waals surface area contributed by atoms with Crippen molar-refractivity contribution < 1.29 is 4.42 Å². The van der Waals surface area contributed by atoms with E-state index >= 15 is 0 Å². The van der Waals surface area contributed by atoms with Gasteiger partial charge in [0.1, 0.15) is 11.2 Å². The van der Waals surface area contributed by atoms with Crippen molar-refractivity contribution in [2.45, 2.75) is 0 Å². The minimum Gasteiger partial charge on any atom is -0.456 e. The van der Waals surface area contributed by atoms with Crippen LogP contribution in [0.2, 0.25) is 0 Å². The third-order valence-corrected chi connectivity index (χ3v) is 10.7. The fourth-order valence-electron chi connectivity index (χ4n) is 7.97. The number of nitrogens with zero attached hydrogens (tertiary/aromatic N) is 4. The van der Waals surface area contributed by atoms with Gasteiger partial charge in [0, 0.05) is 38.5 Å². The maximum Gasteiger partial charge on any atom is 0.164 e. The number of hydrogen-bond acceptors (Lipinski definition) is 4. The highest BCUT2D eigenvalue weighted by molar-refractivity contribution is 6.24. The normalized spacial score (nSPS) is 11.6. The molecule has 5 nitrogen and oxygen atoms in total. The second kappa shape index (κ2) is 13.0. The lowest BCUT2D eigenvalue weighted by atomic mass is 9.99. The summed E-state index contributed by atoms with van der Waals surface area (Å²) in [5.41, 5.74) is 12.5. The van der Waals surface area contributed by atoms with Crippen molar-refractivity contribution >= 4 is 43.7 Å². The zero-order valence-corrected chi connectivity index (χ0v) is 30.2. The Labute approximate surface area is 322 Å². The van der Waals surface area contributed by atoms with E-state index in [0.717, 1.165) is 60.9 Å². The monoisotopic (exact) mass is 716 g/mol. The van der Waals surface area contributed by atoms with E-state index in [2.05, 4.69) is 126 Å². The van der Waals surface area contributed by atoms with Gasteiger partial charge >= 0.3 is 0 Å². The molecule has 0 radical (unpaired) electrons. The molecule has 5 heteroatoms. The molecular formula is C51H32N4O. The summed E-state index contributed by atoms with van der Waals surface area (Å²) < 4.78 is 8.96. The topological polar surface area (TPSA) is 56.7 Å². The number of para-hydroxylation sites is 1. The van der Waals surface area contributed by atoms with Gasteiger partial charge < -0.3 is 8.98 Å². The molecule has 0 aliphatic heterocycles. The highest BCUT2D eigenvalue weighted by Crippen LogP contribution is 2.42. The minimum absolute atomic E-state index is 0.605. The van der Waals surface area contributed by atoms with Crippen molar-refractivity contribution in [2.24, 2.45) is 0 Å². The molecule has 11 rings (SSSR count). The molecule has 3 heterocycles. The average Bonchev–Trinajstić information content (AvgIpc) is 3.83. The number of hydrogen-bond donors (Lipinski definition) is 0. The number of furan rings is 1. The molecular weight excluding hydrogens is 685 g/mol. The first-order chi connectivity index (χ1) is 27.7. The van der Waals surface area contributed by atoms with Crippen molar-refractivity contribution in [3.63, 3.8) is 0 Å². The minimum atomic E-state index is 0.605. The Bertz CT molecular complexity index is 3160. The van der Waals surface area contributed by atoms with Crippen LogP contribution in [0, 0.1) is 0 Å². The van der Waals surface area contributed by atoms with E-state index in [1.165, 1.54) is 27.5 Å². The summed E-state index contributed by atoms with van der Waals surface area (Å²) in [7, 11) is 0. The first-order valence-corrected chi connectivity index (χ1v) is 18.8. The van der Waals surface area contributed by atoms with Crippen molar-refractivity contribution in [1.29, 1.82) is 0 Å². The highest BCUT2D eigenvalue weighted by Gasteiger charge is 2.20. The molecule has 262 valence electrons. The van der Waals surface area contributed by atoms with Crippen LogP contribution in [0.4, 0.5) is 0 Å². The van der Waals surface area contributed by atoms with Crippen LogP contribution in [0.15, 0.2) is 199 Å². The van der Waals surface area contributed by atoms with Gasteiger partial charge in [-0.2, -0.15) is 0 Å². The zero-order valence-electron chi connectivity index (χ0n) is 30.2. The lowest BCUT2D eigenvalue weighted by molar-refractivity contribution is 0.669. The maximum atomic E-state index is 6.58. The number of rotatable bonds is 6. The molecule has 0 N–H and O–H groups in total. The first-order valence-electron chi connectivity index (χ1n) is 18.8. The summed E-state index contributed by atoms with van der Waals surface area (Å²) in [5.74, 6) is 1.86. The van der Waals surface area contributed by atoms with E-state index in [4.69, 9.17) is 19.4 Å². The molecule has 0 spiro atoms. The molecule has 8 aromatic carbocycles. The molecule has 3 aromatic heterocycles. The van der Waals surface area contributed by atoms with Gasteiger partial charge in [-0.15, -0.1) is 0 Å². The molecule has 0 unspecified atom stereocenters. The van der Waals surface area contributed by atoms with Crippen molar-refractivity contribution in [3.8, 4) is 62.1 Å². The van der Waals surface area contributed by atoms with Gasteiger partial charge in [0.2, 0.25) is 0 Å². The Morgan fingerprint density at radius 3 is 1.52 bits per heavy atom. The van der Waals surface area contributed by atoms with Crippen LogP contribution in [0.5, 0.6) is 0 Å². The Balaban J connectivity index is 1.09. The standard InChI is InChI=1S/C51H32N4O/c1-4-13-33(14-5-1)37-19-12-20-38(31-37)34-23-26-40(27-24-34)55-44-22-11-10-21-41(44)42-28-30-46-47(48(42)55)43-32-39(25-29-45(43)56-46)51-53-49(35-15-6-2-7-16-35)52-50(54-51)36-17-8-3-9-18-36/h1-32H. The smallest absolute Gasteiger partial charge is 0.164 e. The molecule has 0 saturated heterocycles. The molecule has 0 bridgehead atoms. The average molecular weight is 717 g/mol. The van der Waals surface area contributed by atoms with E-state index < -0.39 is 0 Å². The summed E-state index contributed by atoms with van der Waals surface area (Å²) in [6, 6.07) is 67.5. The Morgan fingerprint density at radius 2 is 0.857 bits per heavy atom. The van der Waals surface area contributed by atoms with Crippen LogP contribution in [0.1, 0.15) is 0 Å². The van der Waals surface area contributed by atoms with E-state index in [1.807, 2.05) is 72.8 Å². The van der Waals surface area contributed by atoms with E-state index in [9.17, 15) is 0 Å². The highest BCUT2D eigenvalue weighted by atomic mass is 16.3. The van der Waals surface area contributed by atoms with E-state index in [1.54, 1.807) is 0 Å². The summed E-state index contributed by atoms with van der Waals surface area (Å²) in [6.45, 7) is 0. The van der Waals surface area contributed by atoms with Crippen LogP contribution in [-0.4, -0.2) is 19.5 Å². The molecule has 11 aromatic rings. The van der Waals surface area contributed by atoms with Crippen molar-refractivity contribution in [3.05, 3.63) is 194 Å². The lowest BCUT2D eigenvalue weighted by Gasteiger charge is -2.11. The Kier molecular flexibility index (Phi) is 7.42. The Morgan fingerprint density at radius 1 is 0.339 bits per heavy atom. The van der Waals surface area contributed by atoms with Crippen LogP contribution < -0.4 is 0 Å². The van der Waals surface area contributed by atoms with E-state index in [-0.39, 0.29) is 0 Å². The predicted molar refractivity (Wildman–Crippen MR) is 229 cm³/mol. The quantitative estimate of drug-likeness (QED) is 0.172. The molecule has 0 atom stereocenters. The first kappa shape index (κ1) is 31.9. The molecule has 0 fully saturated rings. The van der Waals surface area contributed by atoms with Gasteiger partial charge in [-0.3, -0.25) is 0 Å². The number of aromatic nitrogens is 4. The van der Waals surface area contributed by atoms with Crippen molar-refractivity contribution in [2.75, 3.05) is 0 Å². The van der Waals surface area contributed by atoms with Crippen LogP contribution in [0.25, 0.3) is 106 Å². The van der Waals surface area contributed by atoms with Gasteiger partial charge in [-0.25, -0.2) is 15.0 Å². The largest absolute Gasteiger partial charge is 0.456 e. The summed E-state index contributed by atoms with van der Waals surface area (Å²) in [5, 5.41) is 4.41. The fourth-order valence-corrected chi connectivity index (χ4v) is 7.97. The third kappa shape index (κ3) is 5.37. The molecule has 0 saturated carbocycles. The zero-order chi connectivity index (χ0) is 37.0. The number of fused-ring (bicyclic) bond motifs is 7. The lowest BCUT2D eigenvalue weighted by Crippen LogP contribution is -2.00. The summed E-state index contributed by atoms with van der Waals surface area (Å²) >= 11 is 0. The van der Waals surface area contributed by atoms with Crippen LogP contribution in [-0.2, 0) is 0 Å². The van der Waals surface area contributed by atoms with Crippen LogP contribution >= 0.6 is 0 Å². The van der Waals surface area contributed by atoms with Crippen LogP contribution in [0.3, 0.4) is 0 Å². The SMILES string of the molecule is c1ccc(-c2cccc(-c3ccc(-n4c5ccccc5c5ccc6oc7ccc(-c8nc(-c9ccccc9)nc(-c9ccccc9)n8)cc7c6c54)cc3)c2)cc1. The second-order valence-electron chi connectivity index (χ2n) is 14.0. The number of benzene rings is 8. The molecule has 0 aliphatic rings. The van der Waals surface area contributed by atoms with E-state index in [0.29, 0.717) is 17.5 Å². The Hall–Kier alpha value is -7.63. The van der Waals surface area contributed by atoms with Gasteiger partial charge in [-0.1, -0.05) is 140 Å². The van der Waals surface area contributed by atoms with Gasteiger partial charge in [0.15, 0.2) is 17.5 Å². The predicted octanol–water partition coefficient (Wildman–Crippen LogP) is 13.2. The second-order valence-corrected chi connectivity index (χ2v) is 14.0. The third-order valence-electron chi connectivity index (χ3n) is 10.7. The molecule has 56 heavy (non-hydrogen) atoms. The van der Waals surface area contributed by atoms with Crippen molar-refractivity contribution in [1.82, 2.24) is 19.5 Å². The molecule has 0 aliphatic carbocycles. The summed E-state index contributed by atoms with van der Waals surface area (Å²) in [4.78, 5) is 15.0. The fraction of sp³-hybridized carbons (Fsp3) is 0. The van der Waals surface area contributed by atoms with Gasteiger partial charge in [0.05, 0.1) is 16.4 Å². The van der Waals surface area contributed by atoms with Gasteiger partial charge in [0.25, 0.3) is 0 Å². The van der Waals surface area contributed by atoms with Gasteiger partial charge in [-0.05, 0) is 76.9 Å².